The molecule has 30 heavy (non-hydrogen) atoms. The van der Waals surface area contributed by atoms with Crippen LogP contribution in [0.4, 0.5) is 5.69 Å². The van der Waals surface area contributed by atoms with Crippen LogP contribution in [-0.2, 0) is 16.2 Å². The van der Waals surface area contributed by atoms with Crippen molar-refractivity contribution in [1.82, 2.24) is 0 Å². The van der Waals surface area contributed by atoms with Crippen LogP contribution in [-0.4, -0.2) is 16.6 Å². The molecular weight excluding hydrogens is 384 g/mol. The van der Waals surface area contributed by atoms with E-state index in [0.717, 1.165) is 5.56 Å². The summed E-state index contributed by atoms with van der Waals surface area (Å²) in [4.78, 5) is 27.7. The Morgan fingerprint density at radius 1 is 1.00 bits per heavy atom. The highest BCUT2D eigenvalue weighted by atomic mass is 16.7. The lowest BCUT2D eigenvalue weighted by molar-refractivity contribution is -0.384. The van der Waals surface area contributed by atoms with Crippen LogP contribution in [0.2, 0.25) is 0 Å². The lowest BCUT2D eigenvalue weighted by Crippen LogP contribution is -2.07. The molecule has 7 nitrogen and oxygen atoms in total. The molecule has 0 amide bonds. The van der Waals surface area contributed by atoms with Crippen LogP contribution in [0.5, 0.6) is 5.75 Å². The first kappa shape index (κ1) is 19.1. The van der Waals surface area contributed by atoms with E-state index < -0.39 is 10.9 Å². The molecule has 0 atom stereocenters. The van der Waals surface area contributed by atoms with Crippen LogP contribution in [0.15, 0.2) is 89.6 Å². The van der Waals surface area contributed by atoms with Gasteiger partial charge in [0.15, 0.2) is 0 Å². The van der Waals surface area contributed by atoms with Gasteiger partial charge >= 0.3 is 5.97 Å². The molecule has 0 aromatic heterocycles. The number of benzene rings is 3. The number of nitrogens with zero attached hydrogens (tertiary/aromatic N) is 2. The van der Waals surface area contributed by atoms with Gasteiger partial charge in [-0.2, -0.15) is 0 Å². The Bertz CT molecular complexity index is 1170. The van der Waals surface area contributed by atoms with Gasteiger partial charge in [-0.25, -0.2) is 4.79 Å². The van der Waals surface area contributed by atoms with Crippen LogP contribution in [0.3, 0.4) is 0 Å². The predicted molar refractivity (Wildman–Crippen MR) is 111 cm³/mol. The number of non-ortho nitro benzene ring substituents is 1. The van der Waals surface area contributed by atoms with E-state index in [4.69, 9.17) is 9.57 Å². The second-order valence-corrected chi connectivity index (χ2v) is 6.50. The molecule has 3 aromatic carbocycles. The van der Waals surface area contributed by atoms with E-state index in [1.807, 2.05) is 48.5 Å². The first-order valence-corrected chi connectivity index (χ1v) is 9.14. The van der Waals surface area contributed by atoms with Gasteiger partial charge in [0.25, 0.3) is 5.69 Å². The number of para-hydroxylation sites is 1. The van der Waals surface area contributed by atoms with Crippen LogP contribution < -0.4 is 4.74 Å². The highest BCUT2D eigenvalue weighted by molar-refractivity contribution is 6.31. The number of oxime groups is 1. The van der Waals surface area contributed by atoms with Gasteiger partial charge in [-0.15, -0.1) is 0 Å². The lowest BCUT2D eigenvalue weighted by Gasteiger charge is -2.10. The van der Waals surface area contributed by atoms with Crippen molar-refractivity contribution in [3.8, 4) is 5.75 Å². The molecule has 0 N–H and O–H groups in total. The van der Waals surface area contributed by atoms with E-state index in [2.05, 4.69) is 5.16 Å². The van der Waals surface area contributed by atoms with Crippen molar-refractivity contribution in [3.63, 3.8) is 0 Å². The van der Waals surface area contributed by atoms with Crippen molar-refractivity contribution >= 4 is 23.4 Å². The second-order valence-electron chi connectivity index (χ2n) is 6.50. The van der Waals surface area contributed by atoms with E-state index in [-0.39, 0.29) is 17.0 Å². The van der Waals surface area contributed by atoms with E-state index in [9.17, 15) is 14.9 Å². The molecule has 1 aliphatic rings. The molecule has 0 unspecified atom stereocenters. The zero-order valence-corrected chi connectivity index (χ0v) is 15.7. The summed E-state index contributed by atoms with van der Waals surface area (Å²) in [6.45, 7) is 0.372. The van der Waals surface area contributed by atoms with Crippen molar-refractivity contribution in [2.45, 2.75) is 6.61 Å². The van der Waals surface area contributed by atoms with Gasteiger partial charge in [0.2, 0.25) is 0 Å². The van der Waals surface area contributed by atoms with Gasteiger partial charge in [-0.1, -0.05) is 65.8 Å². The summed E-state index contributed by atoms with van der Waals surface area (Å²) in [5.41, 5.74) is 2.44. The van der Waals surface area contributed by atoms with E-state index in [0.29, 0.717) is 23.5 Å². The zero-order valence-electron chi connectivity index (χ0n) is 15.7. The number of hydrogen-bond donors (Lipinski definition) is 0. The molecule has 0 spiro atoms. The zero-order chi connectivity index (χ0) is 20.9. The summed E-state index contributed by atoms with van der Waals surface area (Å²) in [5.74, 6) is -0.0405. The lowest BCUT2D eigenvalue weighted by atomic mass is 10.00. The maximum absolute atomic E-state index is 12.3. The Morgan fingerprint density at radius 2 is 1.77 bits per heavy atom. The number of carbonyl (C=O) groups is 1. The Labute approximate surface area is 172 Å². The number of nitro benzene ring substituents is 1. The van der Waals surface area contributed by atoms with Crippen molar-refractivity contribution in [2.24, 2.45) is 5.16 Å². The first-order valence-electron chi connectivity index (χ1n) is 9.14. The van der Waals surface area contributed by atoms with Crippen molar-refractivity contribution in [1.29, 1.82) is 0 Å². The van der Waals surface area contributed by atoms with Gasteiger partial charge in [0, 0.05) is 23.3 Å². The van der Waals surface area contributed by atoms with Crippen LogP contribution in [0.25, 0.3) is 6.08 Å². The van der Waals surface area contributed by atoms with Crippen LogP contribution >= 0.6 is 0 Å². The highest BCUT2D eigenvalue weighted by Crippen LogP contribution is 2.27. The summed E-state index contributed by atoms with van der Waals surface area (Å²) >= 11 is 0. The maximum atomic E-state index is 12.3. The Kier molecular flexibility index (Phi) is 5.34. The van der Waals surface area contributed by atoms with E-state index in [1.54, 1.807) is 18.2 Å². The van der Waals surface area contributed by atoms with Crippen LogP contribution in [0, 0.1) is 10.1 Å². The van der Waals surface area contributed by atoms with Crippen molar-refractivity contribution < 1.29 is 19.3 Å². The molecule has 0 aliphatic carbocycles. The number of nitro groups is 1. The third-order valence-electron chi connectivity index (χ3n) is 4.48. The maximum Gasteiger partial charge on any atom is 0.368 e. The summed E-state index contributed by atoms with van der Waals surface area (Å²) in [6.07, 6.45) is 1.62. The number of rotatable bonds is 6. The minimum Gasteiger partial charge on any atom is -0.488 e. The molecule has 4 rings (SSSR count). The SMILES string of the molecule is O=C1ON=C(c2cccc([N+](=O)[O-])c2)/C1=C\c1ccccc1OCc1ccccc1. The fraction of sp³-hybridized carbons (Fsp3) is 0.0435. The monoisotopic (exact) mass is 400 g/mol. The van der Waals surface area contributed by atoms with Gasteiger partial charge < -0.3 is 9.57 Å². The molecule has 0 radical (unpaired) electrons. The van der Waals surface area contributed by atoms with Gasteiger partial charge in [-0.3, -0.25) is 10.1 Å². The molecule has 3 aromatic rings. The third kappa shape index (κ3) is 4.10. The fourth-order valence-corrected chi connectivity index (χ4v) is 3.01. The Balaban J connectivity index is 1.65. The van der Waals surface area contributed by atoms with Gasteiger partial charge in [-0.05, 0) is 17.7 Å². The average Bonchev–Trinajstić information content (AvgIpc) is 3.14. The average molecular weight is 400 g/mol. The van der Waals surface area contributed by atoms with E-state index >= 15 is 0 Å². The molecule has 0 fully saturated rings. The molecule has 0 bridgehead atoms. The minimum atomic E-state index is -0.630. The molecule has 0 saturated heterocycles. The molecule has 0 saturated carbocycles. The minimum absolute atomic E-state index is 0.0968. The van der Waals surface area contributed by atoms with Crippen LogP contribution in [0.1, 0.15) is 16.7 Å². The standard InChI is InChI=1S/C23H16N2O5/c26-23-20(22(24-30-23)18-10-6-11-19(13-18)25(27)28)14-17-9-4-5-12-21(17)29-15-16-7-2-1-3-8-16/h1-14H,15H2/b20-14+. The Morgan fingerprint density at radius 3 is 2.57 bits per heavy atom. The Hall–Kier alpha value is -4.26. The largest absolute Gasteiger partial charge is 0.488 e. The molecule has 7 heteroatoms. The van der Waals surface area contributed by atoms with Gasteiger partial charge in [0.1, 0.15) is 18.1 Å². The number of ether oxygens (including phenoxy) is 1. The molecule has 148 valence electrons. The summed E-state index contributed by atoms with van der Waals surface area (Å²) in [6, 6.07) is 22.9. The number of carbonyl (C=O) groups excluding carboxylic acids is 1. The molecule has 1 aliphatic heterocycles. The van der Waals surface area contributed by atoms with E-state index in [1.165, 1.54) is 18.2 Å². The number of hydrogen-bond acceptors (Lipinski definition) is 6. The highest BCUT2D eigenvalue weighted by Gasteiger charge is 2.28. The smallest absolute Gasteiger partial charge is 0.368 e. The summed E-state index contributed by atoms with van der Waals surface area (Å²) in [7, 11) is 0. The predicted octanol–water partition coefficient (Wildman–Crippen LogP) is 4.52. The fourth-order valence-electron chi connectivity index (χ4n) is 3.01. The molecule has 1 heterocycles. The normalized spacial score (nSPS) is 14.3. The van der Waals surface area contributed by atoms with Crippen molar-refractivity contribution in [3.05, 3.63) is 111 Å². The first-order chi connectivity index (χ1) is 14.6. The van der Waals surface area contributed by atoms with Crippen molar-refractivity contribution in [2.75, 3.05) is 0 Å². The third-order valence-corrected chi connectivity index (χ3v) is 4.48. The van der Waals surface area contributed by atoms with Gasteiger partial charge in [0.05, 0.1) is 10.5 Å². The quantitative estimate of drug-likeness (QED) is 0.263. The topological polar surface area (TPSA) is 91.0 Å². The summed E-state index contributed by atoms with van der Waals surface area (Å²) in [5, 5.41) is 14.9. The molecular formula is C23H16N2O5. The second kappa shape index (κ2) is 8.40. The summed E-state index contributed by atoms with van der Waals surface area (Å²) < 4.78 is 5.93.